The molecule has 0 saturated carbocycles. The molecule has 8 heteroatoms. The Bertz CT molecular complexity index is 695. The van der Waals surface area contributed by atoms with E-state index >= 15 is 0 Å². The van der Waals surface area contributed by atoms with Crippen LogP contribution in [0.4, 0.5) is 0 Å². The van der Waals surface area contributed by atoms with Crippen molar-refractivity contribution in [2.45, 2.75) is 24.2 Å². The number of benzene rings is 1. The van der Waals surface area contributed by atoms with Crippen LogP contribution in [0.5, 0.6) is 0 Å². The van der Waals surface area contributed by atoms with Gasteiger partial charge in [-0.25, -0.2) is 13.2 Å². The van der Waals surface area contributed by atoms with Crippen LogP contribution in [0, 0.1) is 5.92 Å². The number of ether oxygens (including phenoxy) is 2. The van der Waals surface area contributed by atoms with Gasteiger partial charge in [0.25, 0.3) is 0 Å². The molecule has 1 saturated heterocycles. The molecular weight excluding hydrogens is 310 g/mol. The predicted octanol–water partition coefficient (Wildman–Crippen LogP) is 0.437. The third-order valence-corrected chi connectivity index (χ3v) is 6.07. The van der Waals surface area contributed by atoms with Crippen molar-refractivity contribution >= 4 is 16.0 Å². The second kappa shape index (κ2) is 5.62. The Kier molecular flexibility index (Phi) is 3.94. The molecule has 3 rings (SSSR count). The fourth-order valence-electron chi connectivity index (χ4n) is 2.91. The van der Waals surface area contributed by atoms with E-state index in [9.17, 15) is 13.2 Å². The van der Waals surface area contributed by atoms with Gasteiger partial charge in [0.05, 0.1) is 18.1 Å². The van der Waals surface area contributed by atoms with E-state index in [1.54, 1.807) is 12.1 Å². The predicted molar refractivity (Wildman–Crippen MR) is 75.6 cm³/mol. The summed E-state index contributed by atoms with van der Waals surface area (Å²) < 4.78 is 36.9. The molecule has 0 bridgehead atoms. The zero-order chi connectivity index (χ0) is 15.9. The average Bonchev–Trinajstić information content (AvgIpc) is 2.89. The number of carboxylic acids is 1. The second-order valence-electron chi connectivity index (χ2n) is 5.46. The van der Waals surface area contributed by atoms with Crippen molar-refractivity contribution in [3.63, 3.8) is 0 Å². The molecule has 0 radical (unpaired) electrons. The lowest BCUT2D eigenvalue weighted by molar-refractivity contribution is -0.154. The number of hydrogen-bond donors (Lipinski definition) is 1. The fraction of sp³-hybridized carbons (Fsp3) is 0.500. The lowest BCUT2D eigenvalue weighted by Crippen LogP contribution is -2.56. The maximum absolute atomic E-state index is 12.7. The summed E-state index contributed by atoms with van der Waals surface area (Å²) in [6, 6.07) is 5.12. The zero-order valence-electron chi connectivity index (χ0n) is 12.1. The molecule has 1 aromatic carbocycles. The summed E-state index contributed by atoms with van der Waals surface area (Å²) in [4.78, 5) is 11.3. The molecule has 1 fully saturated rings. The van der Waals surface area contributed by atoms with Crippen LogP contribution in [-0.4, -0.2) is 50.1 Å². The first-order valence-electron chi connectivity index (χ1n) is 6.89. The van der Waals surface area contributed by atoms with Crippen LogP contribution < -0.4 is 0 Å². The smallest absolute Gasteiger partial charge is 0.333 e. The average molecular weight is 327 g/mol. The fourth-order valence-corrected chi connectivity index (χ4v) is 4.71. The van der Waals surface area contributed by atoms with Crippen molar-refractivity contribution in [3.8, 4) is 0 Å². The Morgan fingerprint density at radius 1 is 1.41 bits per heavy atom. The van der Waals surface area contributed by atoms with E-state index in [2.05, 4.69) is 0 Å². The molecule has 1 N–H and O–H groups in total. The van der Waals surface area contributed by atoms with Crippen molar-refractivity contribution in [2.75, 3.05) is 20.2 Å². The highest BCUT2D eigenvalue weighted by Crippen LogP contribution is 2.33. The first-order valence-corrected chi connectivity index (χ1v) is 8.33. The van der Waals surface area contributed by atoms with Crippen LogP contribution in [0.25, 0.3) is 0 Å². The van der Waals surface area contributed by atoms with Gasteiger partial charge in [-0.05, 0) is 11.6 Å². The van der Waals surface area contributed by atoms with E-state index in [1.807, 2.05) is 6.07 Å². The molecule has 0 spiro atoms. The van der Waals surface area contributed by atoms with Gasteiger partial charge in [0.1, 0.15) is 0 Å². The van der Waals surface area contributed by atoms with Crippen LogP contribution in [0.15, 0.2) is 23.1 Å². The summed E-state index contributed by atoms with van der Waals surface area (Å²) in [6.45, 7) is 1.01. The lowest BCUT2D eigenvalue weighted by atomic mass is 9.96. The van der Waals surface area contributed by atoms with Gasteiger partial charge in [0.2, 0.25) is 10.0 Å². The maximum atomic E-state index is 12.7. The second-order valence-corrected chi connectivity index (χ2v) is 7.37. The zero-order valence-corrected chi connectivity index (χ0v) is 12.9. The van der Waals surface area contributed by atoms with Gasteiger partial charge in [-0.2, -0.15) is 4.31 Å². The summed E-state index contributed by atoms with van der Waals surface area (Å²) in [5.74, 6) is -1.40. The quantitative estimate of drug-likeness (QED) is 0.843. The third kappa shape index (κ3) is 2.41. The molecule has 2 heterocycles. The number of methoxy groups -OCH3 is 1. The molecule has 1 unspecified atom stereocenters. The Hall–Kier alpha value is -1.48. The molecule has 0 aromatic heterocycles. The summed E-state index contributed by atoms with van der Waals surface area (Å²) in [5.41, 5.74) is 1.59. The van der Waals surface area contributed by atoms with Crippen LogP contribution in [0.2, 0.25) is 0 Å². The highest BCUT2D eigenvalue weighted by molar-refractivity contribution is 7.89. The number of carboxylic acid groups (broad SMARTS) is 1. The monoisotopic (exact) mass is 327 g/mol. The number of nitrogens with zero attached hydrogens (tertiary/aromatic N) is 1. The van der Waals surface area contributed by atoms with Gasteiger partial charge in [-0.15, -0.1) is 0 Å². The molecule has 7 nitrogen and oxygen atoms in total. The van der Waals surface area contributed by atoms with E-state index in [0.29, 0.717) is 12.2 Å². The van der Waals surface area contributed by atoms with Crippen molar-refractivity contribution < 1.29 is 27.8 Å². The minimum atomic E-state index is -3.62. The third-order valence-electron chi connectivity index (χ3n) is 4.15. The number of sulfonamides is 1. The van der Waals surface area contributed by atoms with Crippen molar-refractivity contribution in [1.29, 1.82) is 0 Å². The molecule has 2 aliphatic heterocycles. The molecule has 1 aromatic rings. The van der Waals surface area contributed by atoms with E-state index in [4.69, 9.17) is 14.6 Å². The largest absolute Gasteiger partial charge is 0.479 e. The molecule has 120 valence electrons. The molecule has 22 heavy (non-hydrogen) atoms. The molecule has 0 amide bonds. The highest BCUT2D eigenvalue weighted by atomic mass is 32.2. The normalized spacial score (nSPS) is 20.4. The maximum Gasteiger partial charge on any atom is 0.333 e. The Morgan fingerprint density at radius 2 is 2.14 bits per heavy atom. The Labute approximate surface area is 128 Å². The van der Waals surface area contributed by atoms with E-state index < -0.39 is 22.1 Å². The van der Waals surface area contributed by atoms with E-state index in [-0.39, 0.29) is 30.5 Å². The van der Waals surface area contributed by atoms with Crippen molar-refractivity contribution in [3.05, 3.63) is 29.3 Å². The van der Waals surface area contributed by atoms with Gasteiger partial charge < -0.3 is 14.6 Å². The van der Waals surface area contributed by atoms with Crippen LogP contribution in [-0.2, 0) is 37.5 Å². The van der Waals surface area contributed by atoms with Gasteiger partial charge in [-0.1, -0.05) is 12.1 Å². The molecule has 0 aliphatic carbocycles. The lowest BCUT2D eigenvalue weighted by Gasteiger charge is -2.40. The first-order chi connectivity index (χ1) is 10.4. The summed E-state index contributed by atoms with van der Waals surface area (Å²) in [6.07, 6.45) is -0.976. The molecule has 1 atom stereocenters. The van der Waals surface area contributed by atoms with Gasteiger partial charge in [0, 0.05) is 31.7 Å². The van der Waals surface area contributed by atoms with Crippen molar-refractivity contribution in [2.24, 2.45) is 5.92 Å². The van der Waals surface area contributed by atoms with Gasteiger partial charge in [-0.3, -0.25) is 0 Å². The first kappa shape index (κ1) is 15.4. The van der Waals surface area contributed by atoms with E-state index in [1.165, 1.54) is 11.4 Å². The van der Waals surface area contributed by atoms with Gasteiger partial charge in [0.15, 0.2) is 6.10 Å². The summed E-state index contributed by atoms with van der Waals surface area (Å²) in [5, 5.41) is 9.03. The van der Waals surface area contributed by atoms with Crippen LogP contribution in [0.1, 0.15) is 11.1 Å². The number of aliphatic carboxylic acids is 1. The number of carbonyl (C=O) groups is 1. The standard InChI is InChI=1S/C14H17NO6S/c1-20-13(14(16)17)10-5-15(6-10)22(18,19)12-4-2-3-9-7-21-8-11(9)12/h2-4,10,13H,5-8H2,1H3,(H,16,17). The van der Waals surface area contributed by atoms with E-state index in [0.717, 1.165) is 5.56 Å². The van der Waals surface area contributed by atoms with Crippen LogP contribution >= 0.6 is 0 Å². The number of fused-ring (bicyclic) bond motifs is 1. The molecular formula is C14H17NO6S. The summed E-state index contributed by atoms with van der Waals surface area (Å²) in [7, 11) is -2.31. The summed E-state index contributed by atoms with van der Waals surface area (Å²) >= 11 is 0. The minimum Gasteiger partial charge on any atom is -0.479 e. The number of rotatable bonds is 5. The van der Waals surface area contributed by atoms with Crippen molar-refractivity contribution in [1.82, 2.24) is 4.31 Å². The molecule has 2 aliphatic rings. The van der Waals surface area contributed by atoms with Gasteiger partial charge >= 0.3 is 5.97 Å². The Balaban J connectivity index is 1.79. The topological polar surface area (TPSA) is 93.1 Å². The highest BCUT2D eigenvalue weighted by Gasteiger charge is 2.44. The SMILES string of the molecule is COC(C(=O)O)C1CN(S(=O)(=O)c2cccc3c2COC3)C1. The van der Waals surface area contributed by atoms with Crippen LogP contribution in [0.3, 0.4) is 0 Å². The Morgan fingerprint density at radius 3 is 2.77 bits per heavy atom. The number of hydrogen-bond acceptors (Lipinski definition) is 5. The minimum absolute atomic E-state index is 0.150.